The Morgan fingerprint density at radius 3 is 2.38 bits per heavy atom. The minimum Gasteiger partial charge on any atom is -0.273 e. The Morgan fingerprint density at radius 1 is 1.10 bits per heavy atom. The standard InChI is InChI=1S/C15H19ClN2O2S/c16-12-5-7-13(8-6-12)21-10-15(20)18-17-14(19)9-11-3-1-2-4-11/h5-8,11H,1-4,9-10H2,(H,17,19)(H,18,20). The molecule has 21 heavy (non-hydrogen) atoms. The summed E-state index contributed by atoms with van der Waals surface area (Å²) in [5.74, 6) is 0.414. The van der Waals surface area contributed by atoms with Crippen LogP contribution in [0.25, 0.3) is 0 Å². The number of hydrazine groups is 1. The molecule has 0 saturated heterocycles. The van der Waals surface area contributed by atoms with Crippen LogP contribution in [0.2, 0.25) is 5.02 Å². The van der Waals surface area contributed by atoms with E-state index in [-0.39, 0.29) is 17.6 Å². The van der Waals surface area contributed by atoms with Crippen molar-refractivity contribution in [3.63, 3.8) is 0 Å². The third kappa shape index (κ3) is 5.98. The van der Waals surface area contributed by atoms with E-state index in [0.717, 1.165) is 17.7 Å². The van der Waals surface area contributed by atoms with Gasteiger partial charge >= 0.3 is 0 Å². The van der Waals surface area contributed by atoms with Crippen molar-refractivity contribution in [2.45, 2.75) is 37.0 Å². The molecule has 1 aliphatic rings. The molecule has 0 bridgehead atoms. The van der Waals surface area contributed by atoms with E-state index in [1.807, 2.05) is 12.1 Å². The zero-order valence-corrected chi connectivity index (χ0v) is 13.3. The minimum absolute atomic E-state index is 0.105. The van der Waals surface area contributed by atoms with Gasteiger partial charge in [-0.2, -0.15) is 0 Å². The second-order valence-electron chi connectivity index (χ2n) is 5.19. The lowest BCUT2D eigenvalue weighted by Crippen LogP contribution is -2.43. The van der Waals surface area contributed by atoms with Gasteiger partial charge in [0.2, 0.25) is 11.8 Å². The summed E-state index contributed by atoms with van der Waals surface area (Å²) in [7, 11) is 0. The predicted octanol–water partition coefficient (Wildman–Crippen LogP) is 3.16. The van der Waals surface area contributed by atoms with Crippen LogP contribution < -0.4 is 10.9 Å². The first kappa shape index (κ1) is 16.2. The van der Waals surface area contributed by atoms with Crippen LogP contribution in [0.1, 0.15) is 32.1 Å². The van der Waals surface area contributed by atoms with Crippen molar-refractivity contribution in [3.05, 3.63) is 29.3 Å². The molecule has 2 N–H and O–H groups in total. The molecule has 0 spiro atoms. The van der Waals surface area contributed by atoms with Gasteiger partial charge in [-0.25, -0.2) is 0 Å². The fourth-order valence-electron chi connectivity index (χ4n) is 2.38. The summed E-state index contributed by atoms with van der Waals surface area (Å²) in [6.45, 7) is 0. The topological polar surface area (TPSA) is 58.2 Å². The van der Waals surface area contributed by atoms with E-state index in [2.05, 4.69) is 10.9 Å². The maximum atomic E-state index is 11.7. The first-order valence-corrected chi connectivity index (χ1v) is 8.46. The Hall–Kier alpha value is -1.20. The number of hydrogen-bond donors (Lipinski definition) is 2. The number of nitrogens with one attached hydrogen (secondary N) is 2. The van der Waals surface area contributed by atoms with Crippen molar-refractivity contribution in [2.75, 3.05) is 5.75 Å². The summed E-state index contributed by atoms with van der Waals surface area (Å²) in [6.07, 6.45) is 5.16. The zero-order chi connectivity index (χ0) is 15.1. The fourth-order valence-corrected chi connectivity index (χ4v) is 3.21. The largest absolute Gasteiger partial charge is 0.273 e. The average molecular weight is 327 g/mol. The summed E-state index contributed by atoms with van der Waals surface area (Å²) < 4.78 is 0. The lowest BCUT2D eigenvalue weighted by molar-refractivity contribution is -0.128. The molecule has 4 nitrogen and oxygen atoms in total. The van der Waals surface area contributed by atoms with Crippen LogP contribution in [0, 0.1) is 5.92 Å². The maximum absolute atomic E-state index is 11.7. The molecule has 0 heterocycles. The van der Waals surface area contributed by atoms with Crippen LogP contribution in [0.4, 0.5) is 0 Å². The molecule has 1 aromatic rings. The van der Waals surface area contributed by atoms with Crippen molar-refractivity contribution in [2.24, 2.45) is 5.92 Å². The average Bonchev–Trinajstić information content (AvgIpc) is 2.97. The summed E-state index contributed by atoms with van der Waals surface area (Å²) in [5.41, 5.74) is 4.93. The molecule has 114 valence electrons. The van der Waals surface area contributed by atoms with E-state index in [0.29, 0.717) is 17.4 Å². The van der Waals surface area contributed by atoms with Gasteiger partial charge in [-0.15, -0.1) is 11.8 Å². The van der Waals surface area contributed by atoms with Crippen molar-refractivity contribution in [1.29, 1.82) is 0 Å². The van der Waals surface area contributed by atoms with E-state index in [4.69, 9.17) is 11.6 Å². The highest BCUT2D eigenvalue weighted by Gasteiger charge is 2.18. The van der Waals surface area contributed by atoms with Crippen molar-refractivity contribution in [1.82, 2.24) is 10.9 Å². The van der Waals surface area contributed by atoms with E-state index >= 15 is 0 Å². The van der Waals surface area contributed by atoms with Crippen molar-refractivity contribution < 1.29 is 9.59 Å². The van der Waals surface area contributed by atoms with Crippen LogP contribution in [0.5, 0.6) is 0 Å². The molecular formula is C15H19ClN2O2S. The van der Waals surface area contributed by atoms with Gasteiger partial charge in [0.05, 0.1) is 5.75 Å². The first-order valence-electron chi connectivity index (χ1n) is 7.09. The quantitative estimate of drug-likeness (QED) is 0.645. The monoisotopic (exact) mass is 326 g/mol. The molecule has 0 aliphatic heterocycles. The van der Waals surface area contributed by atoms with Gasteiger partial charge in [-0.1, -0.05) is 24.4 Å². The van der Waals surface area contributed by atoms with E-state index in [1.54, 1.807) is 12.1 Å². The highest BCUT2D eigenvalue weighted by molar-refractivity contribution is 8.00. The molecule has 0 aromatic heterocycles. The van der Waals surface area contributed by atoms with E-state index in [1.165, 1.54) is 24.6 Å². The van der Waals surface area contributed by atoms with Gasteiger partial charge < -0.3 is 0 Å². The number of amides is 2. The number of rotatable bonds is 5. The highest BCUT2D eigenvalue weighted by Crippen LogP contribution is 2.27. The first-order chi connectivity index (χ1) is 10.1. The molecule has 2 rings (SSSR count). The Kier molecular flexibility index (Phi) is 6.39. The normalized spacial score (nSPS) is 14.9. The Bertz CT molecular complexity index is 487. The lowest BCUT2D eigenvalue weighted by atomic mass is 10.0. The highest BCUT2D eigenvalue weighted by atomic mass is 35.5. The smallest absolute Gasteiger partial charge is 0.248 e. The lowest BCUT2D eigenvalue weighted by Gasteiger charge is -2.10. The second kappa shape index (κ2) is 8.29. The zero-order valence-electron chi connectivity index (χ0n) is 11.7. The van der Waals surface area contributed by atoms with Gasteiger partial charge in [0.15, 0.2) is 0 Å². The molecule has 1 aliphatic carbocycles. The second-order valence-corrected chi connectivity index (χ2v) is 6.68. The number of halogens is 1. The number of carbonyl (C=O) groups excluding carboxylic acids is 2. The van der Waals surface area contributed by atoms with Crippen LogP contribution >= 0.6 is 23.4 Å². The van der Waals surface area contributed by atoms with Gasteiger partial charge in [-0.3, -0.25) is 20.4 Å². The number of carbonyl (C=O) groups is 2. The molecule has 0 radical (unpaired) electrons. The molecule has 1 fully saturated rings. The van der Waals surface area contributed by atoms with Gasteiger partial charge in [0.1, 0.15) is 0 Å². The van der Waals surface area contributed by atoms with Gasteiger partial charge in [-0.05, 0) is 43.0 Å². The van der Waals surface area contributed by atoms with E-state index in [9.17, 15) is 9.59 Å². The third-order valence-corrected chi connectivity index (χ3v) is 4.74. The fraction of sp³-hybridized carbons (Fsp3) is 0.467. The van der Waals surface area contributed by atoms with Crippen LogP contribution in [0.3, 0.4) is 0 Å². The van der Waals surface area contributed by atoms with Crippen LogP contribution in [0.15, 0.2) is 29.2 Å². The molecule has 6 heteroatoms. The number of thioether (sulfide) groups is 1. The molecular weight excluding hydrogens is 308 g/mol. The predicted molar refractivity (Wildman–Crippen MR) is 85.0 cm³/mol. The summed E-state index contributed by atoms with van der Waals surface area (Å²) in [6, 6.07) is 7.29. The van der Waals surface area contributed by atoms with Crippen molar-refractivity contribution >= 4 is 35.2 Å². The Labute approximate surface area is 134 Å². The molecule has 0 unspecified atom stereocenters. The summed E-state index contributed by atoms with van der Waals surface area (Å²) in [4.78, 5) is 24.3. The molecule has 0 atom stereocenters. The van der Waals surface area contributed by atoms with Crippen LogP contribution in [-0.4, -0.2) is 17.6 Å². The van der Waals surface area contributed by atoms with E-state index < -0.39 is 0 Å². The molecule has 1 saturated carbocycles. The number of benzene rings is 1. The minimum atomic E-state index is -0.213. The SMILES string of the molecule is O=C(CSc1ccc(Cl)cc1)NNC(=O)CC1CCCC1. The Morgan fingerprint density at radius 2 is 1.71 bits per heavy atom. The third-order valence-electron chi connectivity index (χ3n) is 3.47. The Balaban J connectivity index is 1.62. The van der Waals surface area contributed by atoms with Crippen LogP contribution in [-0.2, 0) is 9.59 Å². The summed E-state index contributed by atoms with van der Waals surface area (Å²) >= 11 is 7.19. The van der Waals surface area contributed by atoms with Gasteiger partial charge in [0.25, 0.3) is 0 Å². The summed E-state index contributed by atoms with van der Waals surface area (Å²) in [5, 5.41) is 0.669. The van der Waals surface area contributed by atoms with Crippen molar-refractivity contribution in [3.8, 4) is 0 Å². The molecule has 1 aromatic carbocycles. The number of hydrogen-bond acceptors (Lipinski definition) is 3. The molecule has 2 amide bonds. The maximum Gasteiger partial charge on any atom is 0.248 e. The van der Waals surface area contributed by atoms with Gasteiger partial charge in [0, 0.05) is 16.3 Å².